The maximum absolute atomic E-state index is 10.8. The summed E-state index contributed by atoms with van der Waals surface area (Å²) in [6.45, 7) is 1.89. The van der Waals surface area contributed by atoms with Crippen LogP contribution in [0.5, 0.6) is 0 Å². The zero-order valence-electron chi connectivity index (χ0n) is 16.6. The van der Waals surface area contributed by atoms with Gasteiger partial charge < -0.3 is 14.8 Å². The standard InChI is InChI=1S/C20H22ClN7O2/c1-10-15(18(29)23-11-7-8-11)17(16-12(21)9-28(2)27-16)25-19(22-10)26-20-24-13-5-3-4-6-14(13)30-20/h3-6,9,11,17-18,23,29H,7-8H2,1-2H3,(H2,22,24,25,26). The Morgan fingerprint density at radius 2 is 2.13 bits per heavy atom. The van der Waals surface area contributed by atoms with Crippen LogP contribution in [0.4, 0.5) is 6.01 Å². The molecule has 0 radical (unpaired) electrons. The largest absolute Gasteiger partial charge is 0.423 e. The number of para-hydroxylation sites is 2. The second-order valence-electron chi connectivity index (χ2n) is 7.58. The van der Waals surface area contributed by atoms with Crippen LogP contribution in [0.3, 0.4) is 0 Å². The lowest BCUT2D eigenvalue weighted by molar-refractivity contribution is 0.161. The van der Waals surface area contributed by atoms with Crippen molar-refractivity contribution in [2.24, 2.45) is 12.0 Å². The summed E-state index contributed by atoms with van der Waals surface area (Å²) in [5, 5.41) is 25.3. The highest BCUT2D eigenvalue weighted by atomic mass is 35.5. The molecule has 5 rings (SSSR count). The molecular formula is C20H22ClN7O2. The lowest BCUT2D eigenvalue weighted by atomic mass is 9.99. The summed E-state index contributed by atoms with van der Waals surface area (Å²) >= 11 is 6.43. The summed E-state index contributed by atoms with van der Waals surface area (Å²) in [4.78, 5) is 9.18. The molecule has 156 valence electrons. The predicted molar refractivity (Wildman–Crippen MR) is 114 cm³/mol. The van der Waals surface area contributed by atoms with E-state index in [0.29, 0.717) is 39.9 Å². The lowest BCUT2D eigenvalue weighted by Crippen LogP contribution is -2.42. The fraction of sp³-hybridized carbons (Fsp3) is 0.350. The summed E-state index contributed by atoms with van der Waals surface area (Å²) in [5.74, 6) is 0.438. The van der Waals surface area contributed by atoms with Crippen LogP contribution in [0.1, 0.15) is 31.5 Å². The van der Waals surface area contributed by atoms with Gasteiger partial charge in [0.2, 0.25) is 5.96 Å². The van der Waals surface area contributed by atoms with E-state index in [-0.39, 0.29) is 0 Å². The molecule has 2 atom stereocenters. The number of hydrogen-bond acceptors (Lipinski definition) is 8. The fourth-order valence-electron chi connectivity index (χ4n) is 3.56. The number of aliphatic imine (C=N–C) groups is 1. The first-order chi connectivity index (χ1) is 14.5. The molecule has 3 heterocycles. The Morgan fingerprint density at radius 1 is 1.33 bits per heavy atom. The number of fused-ring (bicyclic) bond motifs is 1. The smallest absolute Gasteiger partial charge is 0.302 e. The van der Waals surface area contributed by atoms with Crippen LogP contribution in [-0.2, 0) is 7.05 Å². The number of oxazole rings is 1. The van der Waals surface area contributed by atoms with Gasteiger partial charge in [-0.3, -0.25) is 15.3 Å². The van der Waals surface area contributed by atoms with Crippen molar-refractivity contribution in [1.29, 1.82) is 0 Å². The maximum atomic E-state index is 10.8. The number of aliphatic hydroxyl groups excluding tert-OH is 1. The van der Waals surface area contributed by atoms with Crippen molar-refractivity contribution in [1.82, 2.24) is 25.4 Å². The van der Waals surface area contributed by atoms with Crippen LogP contribution in [0.2, 0.25) is 5.02 Å². The molecule has 1 fully saturated rings. The van der Waals surface area contributed by atoms with E-state index in [1.165, 1.54) is 0 Å². The SMILES string of the molecule is CC1=C(C(O)NC2CC2)C(c2nn(C)cc2Cl)N=C(Nc2nc3ccccc3o2)N1. The molecule has 30 heavy (non-hydrogen) atoms. The summed E-state index contributed by atoms with van der Waals surface area (Å²) in [7, 11) is 1.80. The molecule has 1 saturated carbocycles. The minimum absolute atomic E-state index is 0.321. The number of nitrogens with one attached hydrogen (secondary N) is 3. The highest BCUT2D eigenvalue weighted by Gasteiger charge is 2.35. The van der Waals surface area contributed by atoms with Crippen molar-refractivity contribution in [3.05, 3.63) is 52.4 Å². The van der Waals surface area contributed by atoms with E-state index in [1.807, 2.05) is 31.2 Å². The molecule has 3 aromatic rings. The van der Waals surface area contributed by atoms with Gasteiger partial charge in [-0.1, -0.05) is 23.7 Å². The van der Waals surface area contributed by atoms with Crippen LogP contribution in [0, 0.1) is 0 Å². The monoisotopic (exact) mass is 427 g/mol. The van der Waals surface area contributed by atoms with Crippen LogP contribution in [0.15, 0.2) is 51.1 Å². The fourth-order valence-corrected chi connectivity index (χ4v) is 3.85. The van der Waals surface area contributed by atoms with E-state index < -0.39 is 12.3 Å². The molecule has 0 saturated heterocycles. The van der Waals surface area contributed by atoms with Crippen LogP contribution >= 0.6 is 11.6 Å². The second kappa shape index (κ2) is 7.42. The summed E-state index contributed by atoms with van der Waals surface area (Å²) in [6, 6.07) is 7.60. The van der Waals surface area contributed by atoms with Crippen molar-refractivity contribution < 1.29 is 9.52 Å². The summed E-state index contributed by atoms with van der Waals surface area (Å²) < 4.78 is 7.38. The molecule has 2 unspecified atom stereocenters. The minimum Gasteiger partial charge on any atom is -0.423 e. The average Bonchev–Trinajstić information content (AvgIpc) is 3.30. The van der Waals surface area contributed by atoms with E-state index in [1.54, 1.807) is 17.9 Å². The molecule has 1 aliphatic heterocycles. The van der Waals surface area contributed by atoms with Crippen LogP contribution in [0.25, 0.3) is 11.1 Å². The van der Waals surface area contributed by atoms with E-state index in [0.717, 1.165) is 24.1 Å². The van der Waals surface area contributed by atoms with Crippen molar-refractivity contribution >= 4 is 34.7 Å². The molecule has 2 aliphatic rings. The molecule has 0 amide bonds. The van der Waals surface area contributed by atoms with Gasteiger partial charge in [-0.05, 0) is 31.9 Å². The zero-order chi connectivity index (χ0) is 20.8. The average molecular weight is 428 g/mol. The van der Waals surface area contributed by atoms with E-state index in [2.05, 4.69) is 26.0 Å². The number of guanidine groups is 1. The summed E-state index contributed by atoms with van der Waals surface area (Å²) in [6.07, 6.45) is 2.97. The number of benzene rings is 1. The molecular weight excluding hydrogens is 406 g/mol. The number of anilines is 1. The number of aromatic nitrogens is 3. The Balaban J connectivity index is 1.49. The number of aliphatic hydroxyl groups is 1. The zero-order valence-corrected chi connectivity index (χ0v) is 17.3. The van der Waals surface area contributed by atoms with E-state index >= 15 is 0 Å². The van der Waals surface area contributed by atoms with Gasteiger partial charge in [0.1, 0.15) is 23.5 Å². The number of allylic oxidation sites excluding steroid dienone is 1. The van der Waals surface area contributed by atoms with Gasteiger partial charge in [-0.2, -0.15) is 10.1 Å². The van der Waals surface area contributed by atoms with Gasteiger partial charge in [-0.25, -0.2) is 4.99 Å². The number of rotatable bonds is 5. The second-order valence-corrected chi connectivity index (χ2v) is 7.98. The van der Waals surface area contributed by atoms with Gasteiger partial charge in [0.25, 0.3) is 0 Å². The molecule has 0 bridgehead atoms. The quantitative estimate of drug-likeness (QED) is 0.463. The Hall–Kier alpha value is -2.88. The Kier molecular flexibility index (Phi) is 4.73. The maximum Gasteiger partial charge on any atom is 0.302 e. The number of nitrogens with zero attached hydrogens (tertiary/aromatic N) is 4. The van der Waals surface area contributed by atoms with Gasteiger partial charge >= 0.3 is 6.01 Å². The highest BCUT2D eigenvalue weighted by Crippen LogP contribution is 2.36. The molecule has 0 spiro atoms. The first kappa shape index (κ1) is 19.1. The lowest BCUT2D eigenvalue weighted by Gasteiger charge is -2.29. The first-order valence-corrected chi connectivity index (χ1v) is 10.2. The van der Waals surface area contributed by atoms with E-state index in [9.17, 15) is 5.11 Å². The molecule has 1 aromatic carbocycles. The van der Waals surface area contributed by atoms with Crippen LogP contribution in [-0.4, -0.2) is 38.1 Å². The third kappa shape index (κ3) is 3.67. The van der Waals surface area contributed by atoms with Gasteiger partial charge in [-0.15, -0.1) is 0 Å². The number of halogens is 1. The molecule has 1 aliphatic carbocycles. The Labute approximate surface area is 177 Å². The van der Waals surface area contributed by atoms with Gasteiger partial charge in [0.15, 0.2) is 5.58 Å². The van der Waals surface area contributed by atoms with Crippen molar-refractivity contribution in [3.63, 3.8) is 0 Å². The first-order valence-electron chi connectivity index (χ1n) is 9.79. The van der Waals surface area contributed by atoms with Crippen LogP contribution < -0.4 is 16.0 Å². The van der Waals surface area contributed by atoms with Gasteiger partial charge in [0.05, 0.1) is 5.02 Å². The van der Waals surface area contributed by atoms with E-state index in [4.69, 9.17) is 21.0 Å². The normalized spacial score (nSPS) is 20.3. The molecule has 4 N–H and O–H groups in total. The molecule has 2 aromatic heterocycles. The topological polar surface area (TPSA) is 113 Å². The molecule has 10 heteroatoms. The minimum atomic E-state index is -0.859. The van der Waals surface area contributed by atoms with Crippen molar-refractivity contribution in [3.8, 4) is 0 Å². The third-order valence-corrected chi connectivity index (χ3v) is 5.44. The third-order valence-electron chi connectivity index (χ3n) is 5.15. The summed E-state index contributed by atoms with van der Waals surface area (Å²) in [5.41, 5.74) is 3.45. The van der Waals surface area contributed by atoms with Gasteiger partial charge in [0, 0.05) is 30.6 Å². The predicted octanol–water partition coefficient (Wildman–Crippen LogP) is 2.67. The number of hydrogen-bond donors (Lipinski definition) is 4. The number of aryl methyl sites for hydroxylation is 1. The highest BCUT2D eigenvalue weighted by molar-refractivity contribution is 6.31. The Bertz CT molecular complexity index is 1130. The molecule has 9 nitrogen and oxygen atoms in total. The van der Waals surface area contributed by atoms with Crippen molar-refractivity contribution in [2.75, 3.05) is 5.32 Å². The van der Waals surface area contributed by atoms with Crippen molar-refractivity contribution in [2.45, 2.75) is 38.1 Å². The Morgan fingerprint density at radius 3 is 2.83 bits per heavy atom.